The van der Waals surface area contributed by atoms with Gasteiger partial charge in [-0.3, -0.25) is 0 Å². The largest absolute Gasteiger partial charge is 0.478 e. The number of primary amides is 1. The normalized spacial score (nSPS) is 10.1. The molecular formula is C11H14BrN3O3. The van der Waals surface area contributed by atoms with Crippen LogP contribution >= 0.6 is 15.9 Å². The molecule has 0 unspecified atom stereocenters. The van der Waals surface area contributed by atoms with Gasteiger partial charge in [0.2, 0.25) is 0 Å². The van der Waals surface area contributed by atoms with Crippen molar-refractivity contribution in [3.63, 3.8) is 0 Å². The van der Waals surface area contributed by atoms with E-state index in [0.29, 0.717) is 19.6 Å². The minimum Gasteiger partial charge on any atom is -0.478 e. The van der Waals surface area contributed by atoms with Crippen LogP contribution in [0.25, 0.3) is 0 Å². The van der Waals surface area contributed by atoms with E-state index < -0.39 is 12.0 Å². The first-order valence-corrected chi connectivity index (χ1v) is 6.05. The Labute approximate surface area is 113 Å². The standard InChI is InChI=1S/C11H14BrN3O3/c12-9-5-7(10(16)17)1-2-8(9)6-14-3-4-15-11(13)18/h1-2,5,14H,3-4,6H2,(H,16,17)(H3,13,15,18). The summed E-state index contributed by atoms with van der Waals surface area (Å²) in [6, 6.07) is 4.29. The Hall–Kier alpha value is -1.60. The van der Waals surface area contributed by atoms with Gasteiger partial charge in [-0.15, -0.1) is 0 Å². The summed E-state index contributed by atoms with van der Waals surface area (Å²) in [6.07, 6.45) is 0. The molecule has 0 aliphatic heterocycles. The molecule has 1 aromatic rings. The third-order valence-corrected chi connectivity index (χ3v) is 2.95. The van der Waals surface area contributed by atoms with Gasteiger partial charge in [0.1, 0.15) is 0 Å². The molecule has 0 aliphatic rings. The van der Waals surface area contributed by atoms with Crippen LogP contribution in [0.4, 0.5) is 4.79 Å². The molecule has 5 N–H and O–H groups in total. The number of hydrogen-bond acceptors (Lipinski definition) is 3. The predicted octanol–water partition coefficient (Wildman–Crippen LogP) is 0.905. The van der Waals surface area contributed by atoms with Gasteiger partial charge in [-0.1, -0.05) is 22.0 Å². The zero-order valence-electron chi connectivity index (χ0n) is 9.57. The molecule has 0 heterocycles. The van der Waals surface area contributed by atoms with Crippen LogP contribution in [0.5, 0.6) is 0 Å². The molecule has 6 nitrogen and oxygen atoms in total. The summed E-state index contributed by atoms with van der Waals surface area (Å²) >= 11 is 3.31. The van der Waals surface area contributed by atoms with Crippen LogP contribution < -0.4 is 16.4 Å². The maximum atomic E-state index is 10.7. The average molecular weight is 316 g/mol. The third-order valence-electron chi connectivity index (χ3n) is 2.22. The Morgan fingerprint density at radius 1 is 1.33 bits per heavy atom. The summed E-state index contributed by atoms with van der Waals surface area (Å²) in [6.45, 7) is 1.59. The van der Waals surface area contributed by atoms with Crippen molar-refractivity contribution in [1.82, 2.24) is 10.6 Å². The van der Waals surface area contributed by atoms with Gasteiger partial charge < -0.3 is 21.5 Å². The van der Waals surface area contributed by atoms with Gasteiger partial charge in [0.15, 0.2) is 0 Å². The lowest BCUT2D eigenvalue weighted by atomic mass is 10.1. The number of benzene rings is 1. The first-order valence-electron chi connectivity index (χ1n) is 5.26. The summed E-state index contributed by atoms with van der Waals surface area (Å²) in [5.74, 6) is -0.958. The summed E-state index contributed by atoms with van der Waals surface area (Å²) in [4.78, 5) is 21.1. The lowest BCUT2D eigenvalue weighted by Crippen LogP contribution is -2.35. The number of hydrogen-bond donors (Lipinski definition) is 4. The smallest absolute Gasteiger partial charge is 0.335 e. The Bertz CT molecular complexity index is 451. The molecule has 0 saturated heterocycles. The monoisotopic (exact) mass is 315 g/mol. The van der Waals surface area contributed by atoms with Crippen LogP contribution in [0.1, 0.15) is 15.9 Å². The average Bonchev–Trinajstić information content (AvgIpc) is 2.29. The van der Waals surface area contributed by atoms with E-state index in [-0.39, 0.29) is 5.56 Å². The highest BCUT2D eigenvalue weighted by Gasteiger charge is 2.06. The van der Waals surface area contributed by atoms with Gasteiger partial charge in [-0.05, 0) is 17.7 Å². The van der Waals surface area contributed by atoms with Crippen molar-refractivity contribution in [1.29, 1.82) is 0 Å². The maximum absolute atomic E-state index is 10.7. The van der Waals surface area contributed by atoms with E-state index in [2.05, 4.69) is 26.6 Å². The minimum absolute atomic E-state index is 0.237. The number of aromatic carboxylic acids is 1. The lowest BCUT2D eigenvalue weighted by Gasteiger charge is -2.08. The van der Waals surface area contributed by atoms with Gasteiger partial charge >= 0.3 is 12.0 Å². The summed E-state index contributed by atoms with van der Waals surface area (Å²) in [5.41, 5.74) is 6.09. The first kappa shape index (κ1) is 14.5. The van der Waals surface area contributed by atoms with E-state index >= 15 is 0 Å². The molecule has 0 fully saturated rings. The third kappa shape index (κ3) is 4.72. The van der Waals surface area contributed by atoms with Crippen molar-refractivity contribution in [3.8, 4) is 0 Å². The topological polar surface area (TPSA) is 104 Å². The second kappa shape index (κ2) is 6.97. The number of amides is 2. The molecule has 0 radical (unpaired) electrons. The Morgan fingerprint density at radius 3 is 2.61 bits per heavy atom. The second-order valence-corrected chi connectivity index (χ2v) is 4.43. The van der Waals surface area contributed by atoms with Crippen molar-refractivity contribution >= 4 is 27.9 Å². The predicted molar refractivity (Wildman–Crippen MR) is 70.4 cm³/mol. The van der Waals surface area contributed by atoms with E-state index in [1.54, 1.807) is 18.2 Å². The van der Waals surface area contributed by atoms with Crippen LogP contribution in [-0.2, 0) is 6.54 Å². The number of carboxylic acids is 1. The molecule has 0 aliphatic carbocycles. The number of carboxylic acid groups (broad SMARTS) is 1. The lowest BCUT2D eigenvalue weighted by molar-refractivity contribution is 0.0696. The van der Waals surface area contributed by atoms with Crippen molar-refractivity contribution in [2.45, 2.75) is 6.54 Å². The second-order valence-electron chi connectivity index (χ2n) is 3.58. The summed E-state index contributed by atoms with van der Waals surface area (Å²) in [7, 11) is 0. The Balaban J connectivity index is 2.43. The summed E-state index contributed by atoms with van der Waals surface area (Å²) in [5, 5.41) is 14.4. The van der Waals surface area contributed by atoms with Gasteiger partial charge in [-0.25, -0.2) is 9.59 Å². The fourth-order valence-electron chi connectivity index (χ4n) is 1.32. The van der Waals surface area contributed by atoms with Crippen LogP contribution in [0.3, 0.4) is 0 Å². The van der Waals surface area contributed by atoms with E-state index in [1.165, 1.54) is 0 Å². The summed E-state index contributed by atoms with van der Waals surface area (Å²) < 4.78 is 0.734. The minimum atomic E-state index is -0.958. The maximum Gasteiger partial charge on any atom is 0.335 e. The number of nitrogens with one attached hydrogen (secondary N) is 2. The van der Waals surface area contributed by atoms with Crippen LogP contribution in [0.15, 0.2) is 22.7 Å². The molecule has 1 aromatic carbocycles. The number of nitrogens with two attached hydrogens (primary N) is 1. The van der Waals surface area contributed by atoms with E-state index in [9.17, 15) is 9.59 Å². The Morgan fingerprint density at radius 2 is 2.06 bits per heavy atom. The van der Waals surface area contributed by atoms with Gasteiger partial charge in [-0.2, -0.15) is 0 Å². The van der Waals surface area contributed by atoms with E-state index in [1.807, 2.05) is 0 Å². The zero-order valence-corrected chi connectivity index (χ0v) is 11.2. The first-order chi connectivity index (χ1) is 8.50. The van der Waals surface area contributed by atoms with Gasteiger partial charge in [0.05, 0.1) is 5.56 Å². The van der Waals surface area contributed by atoms with Crippen molar-refractivity contribution in [3.05, 3.63) is 33.8 Å². The van der Waals surface area contributed by atoms with Crippen LogP contribution in [0, 0.1) is 0 Å². The van der Waals surface area contributed by atoms with Crippen molar-refractivity contribution in [2.75, 3.05) is 13.1 Å². The molecule has 0 atom stereocenters. The number of halogens is 1. The van der Waals surface area contributed by atoms with Crippen LogP contribution in [0.2, 0.25) is 0 Å². The van der Waals surface area contributed by atoms with Gasteiger partial charge in [0, 0.05) is 24.1 Å². The number of rotatable bonds is 6. The molecule has 1 rings (SSSR count). The molecule has 0 bridgehead atoms. The van der Waals surface area contributed by atoms with Gasteiger partial charge in [0.25, 0.3) is 0 Å². The molecule has 2 amide bonds. The molecular weight excluding hydrogens is 302 g/mol. The van der Waals surface area contributed by atoms with Crippen LogP contribution in [-0.4, -0.2) is 30.2 Å². The molecule has 0 aromatic heterocycles. The van der Waals surface area contributed by atoms with Crippen molar-refractivity contribution in [2.24, 2.45) is 5.73 Å². The number of carbonyl (C=O) groups is 2. The highest BCUT2D eigenvalue weighted by Crippen LogP contribution is 2.18. The van der Waals surface area contributed by atoms with E-state index in [4.69, 9.17) is 10.8 Å². The van der Waals surface area contributed by atoms with Crippen molar-refractivity contribution < 1.29 is 14.7 Å². The SMILES string of the molecule is NC(=O)NCCNCc1ccc(C(=O)O)cc1Br. The molecule has 18 heavy (non-hydrogen) atoms. The van der Waals surface area contributed by atoms with E-state index in [0.717, 1.165) is 10.0 Å². The Kier molecular flexibility index (Phi) is 5.60. The number of carbonyl (C=O) groups excluding carboxylic acids is 1. The molecule has 0 spiro atoms. The molecule has 0 saturated carbocycles. The molecule has 98 valence electrons. The zero-order chi connectivity index (χ0) is 13.5. The fraction of sp³-hybridized carbons (Fsp3) is 0.273. The fourth-order valence-corrected chi connectivity index (χ4v) is 1.84. The molecule has 7 heteroatoms. The highest BCUT2D eigenvalue weighted by molar-refractivity contribution is 9.10. The number of urea groups is 1. The quantitative estimate of drug-likeness (QED) is 0.585. The highest BCUT2D eigenvalue weighted by atomic mass is 79.9.